The maximum atomic E-state index is 14.3. The number of fused-ring (bicyclic) bond motifs is 1. The van der Waals surface area contributed by atoms with E-state index in [1.165, 1.54) is 23.0 Å². The van der Waals surface area contributed by atoms with Crippen LogP contribution in [0.25, 0.3) is 6.08 Å². The number of carbonyl (C=O) groups is 1. The number of allylic oxidation sites excluding steroid dienone is 1. The number of hydrogen-bond donors (Lipinski definition) is 0. The lowest BCUT2D eigenvalue weighted by molar-refractivity contribution is -0.139. The molecule has 1 atom stereocenters. The van der Waals surface area contributed by atoms with Gasteiger partial charge in [-0.2, -0.15) is 5.26 Å². The van der Waals surface area contributed by atoms with E-state index in [0.29, 0.717) is 58.5 Å². The first kappa shape index (κ1) is 34.0. The minimum atomic E-state index is -0.840. The Balaban J connectivity index is 1.64. The monoisotopic (exact) mass is 735 g/mol. The Bertz CT molecular complexity index is 2100. The van der Waals surface area contributed by atoms with Crippen molar-refractivity contribution in [3.63, 3.8) is 0 Å². The molecule has 0 spiro atoms. The number of carbonyl (C=O) groups excluding carboxylic acids is 1. The van der Waals surface area contributed by atoms with Crippen LogP contribution in [0.15, 0.2) is 80.1 Å². The number of esters is 1. The zero-order chi connectivity index (χ0) is 33.8. The van der Waals surface area contributed by atoms with Crippen LogP contribution in [0, 0.1) is 11.3 Å². The van der Waals surface area contributed by atoms with Crippen LogP contribution in [0.1, 0.15) is 56.0 Å². The molecule has 1 aromatic heterocycles. The maximum absolute atomic E-state index is 14.3. The average Bonchev–Trinajstić information content (AvgIpc) is 3.33. The molecule has 3 aromatic carbocycles. The first-order valence-electron chi connectivity index (χ1n) is 14.7. The molecule has 1 aliphatic heterocycles. The first-order valence-corrected chi connectivity index (χ1v) is 16.7. The number of ether oxygens (including phenoxy) is 4. The van der Waals surface area contributed by atoms with Gasteiger partial charge in [-0.3, -0.25) is 9.36 Å². The van der Waals surface area contributed by atoms with Crippen LogP contribution in [0.5, 0.6) is 17.2 Å². The molecule has 0 unspecified atom stereocenters. The average molecular weight is 737 g/mol. The molecule has 0 amide bonds. The van der Waals surface area contributed by atoms with Crippen LogP contribution in [0.2, 0.25) is 5.02 Å². The molecular formula is C35H31BrClN3O6S. The summed E-state index contributed by atoms with van der Waals surface area (Å²) in [5.41, 5.74) is 2.94. The van der Waals surface area contributed by atoms with Crippen LogP contribution in [-0.2, 0) is 16.1 Å². The molecule has 9 nitrogen and oxygen atoms in total. The third-order valence-corrected chi connectivity index (χ3v) is 8.96. The van der Waals surface area contributed by atoms with E-state index in [2.05, 4.69) is 27.0 Å². The van der Waals surface area contributed by atoms with E-state index in [0.717, 1.165) is 5.56 Å². The van der Waals surface area contributed by atoms with E-state index in [-0.39, 0.29) is 30.5 Å². The van der Waals surface area contributed by atoms with Gasteiger partial charge in [-0.05, 0) is 97.2 Å². The number of nitriles is 1. The summed E-state index contributed by atoms with van der Waals surface area (Å²) in [6.45, 7) is 7.66. The molecule has 0 N–H and O–H groups in total. The standard InChI is InChI=1S/C35H31BrClN3O6S/c1-6-44-34(42)30-20(4)39-35-40(31(30)23-11-12-27(46-19(2)3)28(14-23)43-5)33(41)29(47-35)15-24-13-25(37)16-26(36)32(24)45-18-22-9-7-21(17-38)8-10-22/h7-16,19,31H,6,18H2,1-5H3/b29-15+/t31-/m0/s1. The summed E-state index contributed by atoms with van der Waals surface area (Å²) < 4.78 is 25.6. The molecular weight excluding hydrogens is 706 g/mol. The van der Waals surface area contributed by atoms with Gasteiger partial charge in [0, 0.05) is 10.6 Å². The van der Waals surface area contributed by atoms with Gasteiger partial charge in [0.05, 0.1) is 57.8 Å². The summed E-state index contributed by atoms with van der Waals surface area (Å²) in [6.07, 6.45) is 1.61. The molecule has 1 aliphatic rings. The smallest absolute Gasteiger partial charge is 0.338 e. The third kappa shape index (κ3) is 7.30. The summed E-state index contributed by atoms with van der Waals surface area (Å²) in [5, 5.41) is 9.55. The van der Waals surface area contributed by atoms with Crippen LogP contribution in [-0.4, -0.2) is 30.4 Å². The van der Waals surface area contributed by atoms with Gasteiger partial charge in [0.1, 0.15) is 12.4 Å². The van der Waals surface area contributed by atoms with E-state index in [1.807, 2.05) is 32.0 Å². The highest BCUT2D eigenvalue weighted by Gasteiger charge is 2.34. The fourth-order valence-corrected chi connectivity index (χ4v) is 7.11. The number of aromatic nitrogens is 1. The quantitative estimate of drug-likeness (QED) is 0.172. The molecule has 5 rings (SSSR count). The second-order valence-corrected chi connectivity index (χ2v) is 13.1. The molecule has 12 heteroatoms. The molecule has 47 heavy (non-hydrogen) atoms. The number of halogens is 2. The SMILES string of the molecule is CCOC(=O)C1=C(C)N=c2s/c(=C/c3cc(Cl)cc(Br)c3OCc3ccc(C#N)cc3)c(=O)n2[C@H]1c1ccc(OC(C)C)c(OC)c1. The number of benzene rings is 3. The Hall–Kier alpha value is -4.37. The zero-order valence-electron chi connectivity index (χ0n) is 26.3. The number of methoxy groups -OCH3 is 1. The summed E-state index contributed by atoms with van der Waals surface area (Å²) >= 11 is 11.2. The Morgan fingerprint density at radius 1 is 1.17 bits per heavy atom. The van der Waals surface area contributed by atoms with Gasteiger partial charge in [0.15, 0.2) is 16.3 Å². The van der Waals surface area contributed by atoms with Crippen molar-refractivity contribution in [2.24, 2.45) is 4.99 Å². The molecule has 0 bridgehead atoms. The van der Waals surface area contributed by atoms with Gasteiger partial charge in [0.2, 0.25) is 0 Å². The maximum Gasteiger partial charge on any atom is 0.338 e. The minimum absolute atomic E-state index is 0.0887. The molecule has 0 radical (unpaired) electrons. The van der Waals surface area contributed by atoms with Crippen LogP contribution in [0.3, 0.4) is 0 Å². The van der Waals surface area contributed by atoms with Crippen molar-refractivity contribution in [2.45, 2.75) is 46.4 Å². The highest BCUT2D eigenvalue weighted by Crippen LogP contribution is 2.37. The van der Waals surface area contributed by atoms with Crippen molar-refractivity contribution in [3.8, 4) is 23.3 Å². The highest BCUT2D eigenvalue weighted by atomic mass is 79.9. The normalized spacial score (nSPS) is 14.4. The Labute approximate surface area is 289 Å². The lowest BCUT2D eigenvalue weighted by Crippen LogP contribution is -2.40. The Kier molecular flexibility index (Phi) is 10.5. The Morgan fingerprint density at radius 3 is 2.57 bits per heavy atom. The first-order chi connectivity index (χ1) is 22.5. The van der Waals surface area contributed by atoms with E-state index >= 15 is 0 Å². The summed E-state index contributed by atoms with van der Waals surface area (Å²) in [6, 6.07) is 17.1. The lowest BCUT2D eigenvalue weighted by atomic mass is 9.95. The van der Waals surface area contributed by atoms with Crippen molar-refractivity contribution in [2.75, 3.05) is 13.7 Å². The van der Waals surface area contributed by atoms with Crippen LogP contribution >= 0.6 is 38.9 Å². The molecule has 0 aliphatic carbocycles. The number of nitrogens with zero attached hydrogens (tertiary/aromatic N) is 3. The van der Waals surface area contributed by atoms with E-state index < -0.39 is 12.0 Å². The second kappa shape index (κ2) is 14.6. The van der Waals surface area contributed by atoms with E-state index in [1.54, 1.807) is 56.3 Å². The highest BCUT2D eigenvalue weighted by molar-refractivity contribution is 9.10. The summed E-state index contributed by atoms with van der Waals surface area (Å²) in [7, 11) is 1.54. The van der Waals surface area contributed by atoms with Gasteiger partial charge in [0.25, 0.3) is 5.56 Å². The molecule has 0 saturated heterocycles. The third-order valence-electron chi connectivity index (χ3n) is 7.17. The van der Waals surface area contributed by atoms with Gasteiger partial charge in [-0.15, -0.1) is 0 Å². The number of rotatable bonds is 10. The predicted octanol–water partition coefficient (Wildman–Crippen LogP) is 6.46. The fraction of sp³-hybridized carbons (Fsp3) is 0.257. The molecule has 242 valence electrons. The summed E-state index contributed by atoms with van der Waals surface area (Å²) in [4.78, 5) is 32.7. The largest absolute Gasteiger partial charge is 0.493 e. The minimum Gasteiger partial charge on any atom is -0.493 e. The van der Waals surface area contributed by atoms with E-state index in [9.17, 15) is 9.59 Å². The number of hydrogen-bond acceptors (Lipinski definition) is 9. The topological polar surface area (TPSA) is 112 Å². The second-order valence-electron chi connectivity index (χ2n) is 10.8. The van der Waals surface area contributed by atoms with E-state index in [4.69, 9.17) is 35.8 Å². The number of thiazole rings is 1. The van der Waals surface area contributed by atoms with Gasteiger partial charge in [-0.1, -0.05) is 41.1 Å². The van der Waals surface area contributed by atoms with Crippen molar-refractivity contribution in [1.82, 2.24) is 4.57 Å². The molecule has 2 heterocycles. The Morgan fingerprint density at radius 2 is 1.91 bits per heavy atom. The molecule has 0 saturated carbocycles. The van der Waals surface area contributed by atoms with Crippen molar-refractivity contribution in [1.29, 1.82) is 5.26 Å². The van der Waals surface area contributed by atoms with Crippen molar-refractivity contribution >= 4 is 50.9 Å². The predicted molar refractivity (Wildman–Crippen MR) is 184 cm³/mol. The van der Waals surface area contributed by atoms with Crippen molar-refractivity contribution in [3.05, 3.63) is 117 Å². The zero-order valence-corrected chi connectivity index (χ0v) is 29.5. The molecule has 4 aromatic rings. The van der Waals surface area contributed by atoms with Crippen molar-refractivity contribution < 1.29 is 23.7 Å². The summed E-state index contributed by atoms with van der Waals surface area (Å²) in [5.74, 6) is 0.919. The molecule has 0 fully saturated rings. The van der Waals surface area contributed by atoms with Gasteiger partial charge >= 0.3 is 5.97 Å². The van der Waals surface area contributed by atoms with Gasteiger partial charge < -0.3 is 18.9 Å². The van der Waals surface area contributed by atoms with Crippen LogP contribution in [0.4, 0.5) is 0 Å². The van der Waals surface area contributed by atoms with Gasteiger partial charge in [-0.25, -0.2) is 9.79 Å². The fourth-order valence-electron chi connectivity index (χ4n) is 5.12. The lowest BCUT2D eigenvalue weighted by Gasteiger charge is -2.25. The van der Waals surface area contributed by atoms with Crippen LogP contribution < -0.4 is 29.1 Å².